The highest BCUT2D eigenvalue weighted by Crippen LogP contribution is 2.26. The first-order chi connectivity index (χ1) is 10.0. The standard InChI is InChI=1S/C15H12ClFO4/c1-20-11-4-5-12(15(18)19)14(7-11)21-8-9-2-3-10(16)6-13(9)17/h2-7H,8H2,1H3,(H,18,19). The van der Waals surface area contributed by atoms with Gasteiger partial charge in [-0.15, -0.1) is 0 Å². The van der Waals surface area contributed by atoms with Crippen molar-refractivity contribution in [3.63, 3.8) is 0 Å². The number of carboxylic acids is 1. The number of aromatic carboxylic acids is 1. The van der Waals surface area contributed by atoms with Gasteiger partial charge in [0.25, 0.3) is 0 Å². The van der Waals surface area contributed by atoms with Crippen molar-refractivity contribution in [2.24, 2.45) is 0 Å². The van der Waals surface area contributed by atoms with Crippen molar-refractivity contribution in [2.75, 3.05) is 7.11 Å². The van der Waals surface area contributed by atoms with E-state index < -0.39 is 11.8 Å². The normalized spacial score (nSPS) is 10.2. The average molecular weight is 311 g/mol. The van der Waals surface area contributed by atoms with Crippen molar-refractivity contribution in [2.45, 2.75) is 6.61 Å². The molecule has 6 heteroatoms. The van der Waals surface area contributed by atoms with Gasteiger partial charge < -0.3 is 14.6 Å². The molecule has 0 aliphatic rings. The Hall–Kier alpha value is -2.27. The molecule has 1 N–H and O–H groups in total. The van der Waals surface area contributed by atoms with Crippen molar-refractivity contribution in [1.29, 1.82) is 0 Å². The summed E-state index contributed by atoms with van der Waals surface area (Å²) in [7, 11) is 1.46. The van der Waals surface area contributed by atoms with Gasteiger partial charge in [0, 0.05) is 16.7 Å². The number of halogens is 2. The Labute approximate surface area is 125 Å². The van der Waals surface area contributed by atoms with Gasteiger partial charge in [-0.1, -0.05) is 17.7 Å². The third-order valence-corrected chi connectivity index (χ3v) is 3.05. The summed E-state index contributed by atoms with van der Waals surface area (Å²) in [5, 5.41) is 9.39. The number of hydrogen-bond donors (Lipinski definition) is 1. The molecule has 0 spiro atoms. The van der Waals surface area contributed by atoms with Gasteiger partial charge in [-0.25, -0.2) is 9.18 Å². The minimum atomic E-state index is -1.13. The first-order valence-corrected chi connectivity index (χ1v) is 6.37. The van der Waals surface area contributed by atoms with E-state index in [1.165, 1.54) is 43.5 Å². The maximum Gasteiger partial charge on any atom is 0.339 e. The molecule has 0 aliphatic heterocycles. The molecule has 0 radical (unpaired) electrons. The first kappa shape index (κ1) is 15.1. The number of ether oxygens (including phenoxy) is 2. The zero-order valence-electron chi connectivity index (χ0n) is 11.1. The van der Waals surface area contributed by atoms with E-state index in [-0.39, 0.29) is 28.5 Å². The first-order valence-electron chi connectivity index (χ1n) is 5.99. The summed E-state index contributed by atoms with van der Waals surface area (Å²) in [6, 6.07) is 8.51. The molecule has 0 fully saturated rings. The van der Waals surface area contributed by atoms with Gasteiger partial charge in [-0.05, 0) is 24.3 Å². The number of benzene rings is 2. The van der Waals surface area contributed by atoms with Crippen LogP contribution in [0, 0.1) is 5.82 Å². The van der Waals surface area contributed by atoms with Gasteiger partial charge in [0.15, 0.2) is 0 Å². The summed E-state index contributed by atoms with van der Waals surface area (Å²) in [6.45, 7) is -0.115. The van der Waals surface area contributed by atoms with Crippen LogP contribution >= 0.6 is 11.6 Å². The molecule has 0 aliphatic carbocycles. The average Bonchev–Trinajstić information content (AvgIpc) is 2.45. The third kappa shape index (κ3) is 3.64. The van der Waals surface area contributed by atoms with Crippen LogP contribution in [0.3, 0.4) is 0 Å². The summed E-state index contributed by atoms with van der Waals surface area (Å²) >= 11 is 5.67. The van der Waals surface area contributed by atoms with Gasteiger partial charge in [0.2, 0.25) is 0 Å². The Balaban J connectivity index is 2.24. The maximum absolute atomic E-state index is 13.7. The van der Waals surface area contributed by atoms with Gasteiger partial charge >= 0.3 is 5.97 Å². The summed E-state index contributed by atoms with van der Waals surface area (Å²) in [5.41, 5.74) is 0.253. The second kappa shape index (κ2) is 6.45. The second-order valence-electron chi connectivity index (χ2n) is 4.19. The predicted octanol–water partition coefficient (Wildman–Crippen LogP) is 3.76. The van der Waals surface area contributed by atoms with Crippen molar-refractivity contribution >= 4 is 17.6 Å². The van der Waals surface area contributed by atoms with Crippen LogP contribution in [0.4, 0.5) is 4.39 Å². The lowest BCUT2D eigenvalue weighted by molar-refractivity contribution is 0.0691. The maximum atomic E-state index is 13.7. The molecule has 0 unspecified atom stereocenters. The monoisotopic (exact) mass is 310 g/mol. The van der Waals surface area contributed by atoms with E-state index in [1.807, 2.05) is 0 Å². The summed E-state index contributed by atoms with van der Waals surface area (Å²) in [4.78, 5) is 11.1. The molecule has 2 aromatic carbocycles. The fourth-order valence-electron chi connectivity index (χ4n) is 1.72. The van der Waals surface area contributed by atoms with Crippen molar-refractivity contribution < 1.29 is 23.8 Å². The predicted molar refractivity (Wildman–Crippen MR) is 75.7 cm³/mol. The van der Waals surface area contributed by atoms with Crippen LogP contribution < -0.4 is 9.47 Å². The molecule has 0 heterocycles. The molecule has 0 bridgehead atoms. The van der Waals surface area contributed by atoms with Crippen LogP contribution in [0.25, 0.3) is 0 Å². The SMILES string of the molecule is COc1ccc(C(=O)O)c(OCc2ccc(Cl)cc2F)c1. The van der Waals surface area contributed by atoms with E-state index in [1.54, 1.807) is 0 Å². The van der Waals surface area contributed by atoms with E-state index in [9.17, 15) is 9.18 Å². The number of carbonyl (C=O) groups is 1. The highest BCUT2D eigenvalue weighted by Gasteiger charge is 2.13. The Kier molecular flexibility index (Phi) is 4.65. The molecule has 0 atom stereocenters. The van der Waals surface area contributed by atoms with Crippen molar-refractivity contribution in [1.82, 2.24) is 0 Å². The molecule has 4 nitrogen and oxygen atoms in total. The molecular weight excluding hydrogens is 299 g/mol. The zero-order chi connectivity index (χ0) is 15.4. The molecule has 0 saturated heterocycles. The molecule has 21 heavy (non-hydrogen) atoms. The smallest absolute Gasteiger partial charge is 0.339 e. The Bertz CT molecular complexity index is 673. The fourth-order valence-corrected chi connectivity index (χ4v) is 1.88. The minimum Gasteiger partial charge on any atom is -0.497 e. The quantitative estimate of drug-likeness (QED) is 0.913. The van der Waals surface area contributed by atoms with Crippen LogP contribution in [0.5, 0.6) is 11.5 Å². The molecule has 2 rings (SSSR count). The largest absolute Gasteiger partial charge is 0.497 e. The number of methoxy groups -OCH3 is 1. The highest BCUT2D eigenvalue weighted by molar-refractivity contribution is 6.30. The second-order valence-corrected chi connectivity index (χ2v) is 4.63. The summed E-state index contributed by atoms with van der Waals surface area (Å²) < 4.78 is 24.1. The van der Waals surface area contributed by atoms with Gasteiger partial charge in [-0.3, -0.25) is 0 Å². The molecule has 2 aromatic rings. The minimum absolute atomic E-state index is 0.0230. The lowest BCUT2D eigenvalue weighted by atomic mass is 10.2. The van der Waals surface area contributed by atoms with E-state index in [2.05, 4.69) is 0 Å². The van der Waals surface area contributed by atoms with Crippen LogP contribution in [0.15, 0.2) is 36.4 Å². The summed E-state index contributed by atoms with van der Waals surface area (Å²) in [5.74, 6) is -1.09. The lowest BCUT2D eigenvalue weighted by Gasteiger charge is -2.11. The summed E-state index contributed by atoms with van der Waals surface area (Å²) in [6.07, 6.45) is 0. The molecule has 110 valence electrons. The topological polar surface area (TPSA) is 55.8 Å². The van der Waals surface area contributed by atoms with Gasteiger partial charge in [0.05, 0.1) is 7.11 Å². The van der Waals surface area contributed by atoms with Gasteiger partial charge in [0.1, 0.15) is 29.5 Å². The number of rotatable bonds is 5. The van der Waals surface area contributed by atoms with Crippen molar-refractivity contribution in [3.8, 4) is 11.5 Å². The van der Waals surface area contributed by atoms with E-state index in [0.717, 1.165) is 0 Å². The molecule has 0 amide bonds. The fraction of sp³-hybridized carbons (Fsp3) is 0.133. The molecular formula is C15H12ClFO4. The Morgan fingerprint density at radius 2 is 2.05 bits per heavy atom. The van der Waals surface area contributed by atoms with Crippen LogP contribution in [-0.4, -0.2) is 18.2 Å². The number of carboxylic acid groups (broad SMARTS) is 1. The Morgan fingerprint density at radius 1 is 1.29 bits per heavy atom. The van der Waals surface area contributed by atoms with Crippen LogP contribution in [-0.2, 0) is 6.61 Å². The Morgan fingerprint density at radius 3 is 2.67 bits per heavy atom. The van der Waals surface area contributed by atoms with Crippen LogP contribution in [0.1, 0.15) is 15.9 Å². The molecule has 0 saturated carbocycles. The lowest BCUT2D eigenvalue weighted by Crippen LogP contribution is -2.05. The molecule has 0 aromatic heterocycles. The van der Waals surface area contributed by atoms with E-state index in [4.69, 9.17) is 26.2 Å². The highest BCUT2D eigenvalue weighted by atomic mass is 35.5. The van der Waals surface area contributed by atoms with Crippen molar-refractivity contribution in [3.05, 3.63) is 58.4 Å². The van der Waals surface area contributed by atoms with Gasteiger partial charge in [-0.2, -0.15) is 0 Å². The zero-order valence-corrected chi connectivity index (χ0v) is 11.9. The third-order valence-electron chi connectivity index (χ3n) is 2.82. The van der Waals surface area contributed by atoms with E-state index in [0.29, 0.717) is 5.75 Å². The number of hydrogen-bond acceptors (Lipinski definition) is 3. The van der Waals surface area contributed by atoms with Crippen LogP contribution in [0.2, 0.25) is 5.02 Å². The van der Waals surface area contributed by atoms with E-state index >= 15 is 0 Å².